The number of nitrogens with two attached hydrogens (primary N) is 1. The number of nitrogens with zero attached hydrogens (tertiary/aromatic N) is 1. The first-order chi connectivity index (χ1) is 5.29. The molecule has 0 spiro atoms. The highest BCUT2D eigenvalue weighted by Gasteiger charge is 2.28. The molecule has 64 valence electrons. The van der Waals surface area contributed by atoms with E-state index in [1.165, 1.54) is 0 Å². The first-order valence-corrected chi connectivity index (χ1v) is 4.28. The fraction of sp³-hybridized carbons (Fsp3) is 0.875. The zero-order valence-electron chi connectivity index (χ0n) is 7.05. The molecule has 1 heterocycles. The summed E-state index contributed by atoms with van der Waals surface area (Å²) in [6, 6.07) is 0. The van der Waals surface area contributed by atoms with Gasteiger partial charge in [0.1, 0.15) is 0 Å². The lowest BCUT2D eigenvalue weighted by Gasteiger charge is -2.14. The normalized spacial score (nSPS) is 24.7. The molecule has 3 nitrogen and oxygen atoms in total. The second-order valence-electron chi connectivity index (χ2n) is 3.01. The average molecular weight is 156 g/mol. The minimum atomic E-state index is 0.279. The summed E-state index contributed by atoms with van der Waals surface area (Å²) in [6.07, 6.45) is 2.00. The molecular weight excluding hydrogens is 140 g/mol. The van der Waals surface area contributed by atoms with Crippen LogP contribution in [0.2, 0.25) is 0 Å². The molecule has 0 aromatic carbocycles. The number of carbonyl (C=O) groups excluding carboxylic acids is 1. The van der Waals surface area contributed by atoms with Gasteiger partial charge in [-0.1, -0.05) is 6.92 Å². The molecule has 11 heavy (non-hydrogen) atoms. The highest BCUT2D eigenvalue weighted by Crippen LogP contribution is 2.19. The van der Waals surface area contributed by atoms with Crippen molar-refractivity contribution in [1.29, 1.82) is 0 Å². The summed E-state index contributed by atoms with van der Waals surface area (Å²) in [5.74, 6) is 0.583. The number of rotatable bonds is 3. The Morgan fingerprint density at radius 2 is 2.45 bits per heavy atom. The molecule has 1 aliphatic rings. The van der Waals surface area contributed by atoms with Crippen LogP contribution in [0.15, 0.2) is 0 Å². The summed E-state index contributed by atoms with van der Waals surface area (Å²) < 4.78 is 0. The van der Waals surface area contributed by atoms with Gasteiger partial charge >= 0.3 is 0 Å². The topological polar surface area (TPSA) is 46.3 Å². The van der Waals surface area contributed by atoms with Gasteiger partial charge < -0.3 is 10.6 Å². The largest absolute Gasteiger partial charge is 0.341 e. The Hall–Kier alpha value is -0.570. The smallest absolute Gasteiger partial charge is 0.225 e. The van der Waals surface area contributed by atoms with Crippen LogP contribution < -0.4 is 5.73 Å². The van der Waals surface area contributed by atoms with Gasteiger partial charge in [-0.2, -0.15) is 0 Å². The first-order valence-electron chi connectivity index (χ1n) is 4.28. The van der Waals surface area contributed by atoms with Crippen LogP contribution in [-0.2, 0) is 4.79 Å². The lowest BCUT2D eigenvalue weighted by atomic mass is 10.1. The second kappa shape index (κ2) is 3.72. The number of carbonyl (C=O) groups is 1. The van der Waals surface area contributed by atoms with Gasteiger partial charge in [0.2, 0.25) is 5.91 Å². The summed E-state index contributed by atoms with van der Waals surface area (Å²) in [7, 11) is 0. The van der Waals surface area contributed by atoms with Crippen molar-refractivity contribution >= 4 is 5.91 Å². The summed E-state index contributed by atoms with van der Waals surface area (Å²) in [4.78, 5) is 13.3. The summed E-state index contributed by atoms with van der Waals surface area (Å²) in [5, 5.41) is 0. The third-order valence-electron chi connectivity index (χ3n) is 2.30. The lowest BCUT2D eigenvalue weighted by Crippen LogP contribution is -2.32. The molecule has 0 aliphatic carbocycles. The van der Waals surface area contributed by atoms with E-state index in [2.05, 4.69) is 6.92 Å². The van der Waals surface area contributed by atoms with Crippen molar-refractivity contribution in [1.82, 2.24) is 4.90 Å². The van der Waals surface area contributed by atoms with E-state index in [0.29, 0.717) is 12.5 Å². The maximum absolute atomic E-state index is 11.4. The van der Waals surface area contributed by atoms with Crippen LogP contribution in [0.25, 0.3) is 0 Å². The summed E-state index contributed by atoms with van der Waals surface area (Å²) in [5.41, 5.74) is 5.36. The van der Waals surface area contributed by atoms with E-state index in [1.54, 1.807) is 0 Å². The molecule has 1 aliphatic heterocycles. The fourth-order valence-electron chi connectivity index (χ4n) is 1.56. The van der Waals surface area contributed by atoms with E-state index < -0.39 is 0 Å². The predicted molar refractivity (Wildman–Crippen MR) is 44.0 cm³/mol. The minimum Gasteiger partial charge on any atom is -0.341 e. The van der Waals surface area contributed by atoms with Gasteiger partial charge in [0.15, 0.2) is 0 Å². The van der Waals surface area contributed by atoms with Crippen LogP contribution in [0.1, 0.15) is 19.8 Å². The molecule has 1 fully saturated rings. The second-order valence-corrected chi connectivity index (χ2v) is 3.01. The van der Waals surface area contributed by atoms with Gasteiger partial charge in [-0.3, -0.25) is 4.79 Å². The molecule has 0 aromatic heterocycles. The number of hydrogen-bond donors (Lipinski definition) is 1. The molecule has 1 saturated heterocycles. The summed E-state index contributed by atoms with van der Waals surface area (Å²) in [6.45, 7) is 4.29. The SMILES string of the molecule is CCC1CCN(CCN)C1=O. The highest BCUT2D eigenvalue weighted by atomic mass is 16.2. The fourth-order valence-corrected chi connectivity index (χ4v) is 1.56. The van der Waals surface area contributed by atoms with Gasteiger partial charge in [0.05, 0.1) is 0 Å². The number of hydrogen-bond acceptors (Lipinski definition) is 2. The zero-order valence-corrected chi connectivity index (χ0v) is 7.05. The molecule has 0 saturated carbocycles. The Balaban J connectivity index is 2.42. The molecule has 1 rings (SSSR count). The van der Waals surface area contributed by atoms with E-state index in [-0.39, 0.29) is 5.92 Å². The van der Waals surface area contributed by atoms with Crippen molar-refractivity contribution in [2.75, 3.05) is 19.6 Å². The van der Waals surface area contributed by atoms with Gasteiger partial charge in [-0.15, -0.1) is 0 Å². The lowest BCUT2D eigenvalue weighted by molar-refractivity contribution is -0.130. The Kier molecular flexibility index (Phi) is 2.88. The summed E-state index contributed by atoms with van der Waals surface area (Å²) >= 11 is 0. The van der Waals surface area contributed by atoms with Gasteiger partial charge in [-0.05, 0) is 12.8 Å². The zero-order chi connectivity index (χ0) is 8.27. The van der Waals surface area contributed by atoms with Crippen molar-refractivity contribution in [3.05, 3.63) is 0 Å². The molecule has 3 heteroatoms. The van der Waals surface area contributed by atoms with Crippen molar-refractivity contribution in [3.63, 3.8) is 0 Å². The molecule has 0 bridgehead atoms. The minimum absolute atomic E-state index is 0.279. The Bertz CT molecular complexity index is 147. The Morgan fingerprint density at radius 3 is 2.91 bits per heavy atom. The van der Waals surface area contributed by atoms with Crippen LogP contribution in [0.3, 0.4) is 0 Å². The molecule has 0 radical (unpaired) electrons. The van der Waals surface area contributed by atoms with Crippen LogP contribution in [0.5, 0.6) is 0 Å². The van der Waals surface area contributed by atoms with Crippen LogP contribution in [0, 0.1) is 5.92 Å². The predicted octanol–water partition coefficient (Wildman–Crippen LogP) is 0.204. The van der Waals surface area contributed by atoms with Gasteiger partial charge in [0.25, 0.3) is 0 Å². The van der Waals surface area contributed by atoms with E-state index in [4.69, 9.17) is 5.73 Å². The Labute approximate surface area is 67.5 Å². The van der Waals surface area contributed by atoms with E-state index in [1.807, 2.05) is 4.90 Å². The quantitative estimate of drug-likeness (QED) is 0.634. The molecule has 0 aromatic rings. The van der Waals surface area contributed by atoms with Gasteiger partial charge in [0, 0.05) is 25.6 Å². The van der Waals surface area contributed by atoms with E-state index >= 15 is 0 Å². The molecule has 1 unspecified atom stereocenters. The number of likely N-dealkylation sites (tertiary alicyclic amines) is 1. The standard InChI is InChI=1S/C8H16N2O/c1-2-7-3-5-10(6-4-9)8(7)11/h7H,2-6,9H2,1H3. The van der Waals surface area contributed by atoms with E-state index in [9.17, 15) is 4.79 Å². The molecule has 2 N–H and O–H groups in total. The van der Waals surface area contributed by atoms with E-state index in [0.717, 1.165) is 25.9 Å². The monoisotopic (exact) mass is 156 g/mol. The molecule has 1 atom stereocenters. The number of amides is 1. The molecule has 1 amide bonds. The van der Waals surface area contributed by atoms with Crippen molar-refractivity contribution in [2.24, 2.45) is 11.7 Å². The third-order valence-corrected chi connectivity index (χ3v) is 2.30. The Morgan fingerprint density at radius 1 is 1.73 bits per heavy atom. The maximum atomic E-state index is 11.4. The van der Waals surface area contributed by atoms with Crippen LogP contribution >= 0.6 is 0 Å². The molecular formula is C8H16N2O. The van der Waals surface area contributed by atoms with Crippen LogP contribution in [-0.4, -0.2) is 30.4 Å². The first kappa shape index (κ1) is 8.53. The highest BCUT2D eigenvalue weighted by molar-refractivity contribution is 5.80. The van der Waals surface area contributed by atoms with Crippen LogP contribution in [0.4, 0.5) is 0 Å². The van der Waals surface area contributed by atoms with Crippen molar-refractivity contribution in [3.8, 4) is 0 Å². The van der Waals surface area contributed by atoms with Crippen molar-refractivity contribution in [2.45, 2.75) is 19.8 Å². The maximum Gasteiger partial charge on any atom is 0.225 e. The van der Waals surface area contributed by atoms with Gasteiger partial charge in [-0.25, -0.2) is 0 Å². The third kappa shape index (κ3) is 1.71. The van der Waals surface area contributed by atoms with Crippen molar-refractivity contribution < 1.29 is 4.79 Å². The average Bonchev–Trinajstić information content (AvgIpc) is 2.34.